The Labute approximate surface area is 92.5 Å². The molecular formula is C9H11N5S. The number of hydrogen-bond donors (Lipinski definition) is 1. The molecule has 0 aliphatic carbocycles. The van der Waals surface area contributed by atoms with E-state index in [2.05, 4.69) is 10.1 Å². The van der Waals surface area contributed by atoms with Gasteiger partial charge in [-0.15, -0.1) is 0 Å². The maximum Gasteiger partial charge on any atom is 0.167 e. The van der Waals surface area contributed by atoms with Gasteiger partial charge in [-0.1, -0.05) is 12.2 Å². The summed E-state index contributed by atoms with van der Waals surface area (Å²) < 4.78 is 3.64. The highest BCUT2D eigenvalue weighted by molar-refractivity contribution is 7.80. The van der Waals surface area contributed by atoms with E-state index in [0.29, 0.717) is 17.4 Å². The first kappa shape index (κ1) is 9.85. The van der Waals surface area contributed by atoms with Crippen LogP contribution in [-0.4, -0.2) is 24.3 Å². The van der Waals surface area contributed by atoms with Crippen LogP contribution >= 0.6 is 12.2 Å². The summed E-state index contributed by atoms with van der Waals surface area (Å²) in [4.78, 5) is 4.38. The molecule has 2 rings (SSSR count). The van der Waals surface area contributed by atoms with Crippen LogP contribution in [0.2, 0.25) is 0 Å². The first-order valence-electron chi connectivity index (χ1n) is 4.46. The molecule has 0 atom stereocenters. The standard InChI is InChI=1S/C9H11N5S/c1-13-4-2-7(12-13)6-14-5-3-11-9(14)8(10)15/h2-5H,6H2,1H3,(H2,10,15). The Morgan fingerprint density at radius 3 is 2.93 bits per heavy atom. The summed E-state index contributed by atoms with van der Waals surface area (Å²) in [5.74, 6) is 0.621. The number of aromatic nitrogens is 4. The number of nitrogens with zero attached hydrogens (tertiary/aromatic N) is 4. The summed E-state index contributed by atoms with van der Waals surface area (Å²) in [6, 6.07) is 1.95. The molecule has 0 aliphatic heterocycles. The zero-order valence-corrected chi connectivity index (χ0v) is 9.11. The van der Waals surface area contributed by atoms with Gasteiger partial charge in [0.05, 0.1) is 12.2 Å². The third kappa shape index (κ3) is 2.04. The second-order valence-corrected chi connectivity index (χ2v) is 3.66. The van der Waals surface area contributed by atoms with E-state index in [0.717, 1.165) is 5.69 Å². The molecule has 0 bridgehead atoms. The molecule has 2 heterocycles. The Morgan fingerprint density at radius 1 is 1.53 bits per heavy atom. The van der Waals surface area contributed by atoms with Gasteiger partial charge >= 0.3 is 0 Å². The zero-order valence-electron chi connectivity index (χ0n) is 8.29. The molecular weight excluding hydrogens is 210 g/mol. The fourth-order valence-electron chi connectivity index (χ4n) is 1.38. The molecule has 15 heavy (non-hydrogen) atoms. The zero-order chi connectivity index (χ0) is 10.8. The lowest BCUT2D eigenvalue weighted by atomic mass is 10.4. The highest BCUT2D eigenvalue weighted by Crippen LogP contribution is 2.03. The number of nitrogens with two attached hydrogens (primary N) is 1. The van der Waals surface area contributed by atoms with Gasteiger partial charge in [0, 0.05) is 25.6 Å². The topological polar surface area (TPSA) is 61.7 Å². The maximum atomic E-state index is 5.54. The normalized spacial score (nSPS) is 10.5. The van der Waals surface area contributed by atoms with E-state index >= 15 is 0 Å². The summed E-state index contributed by atoms with van der Waals surface area (Å²) in [5.41, 5.74) is 6.49. The van der Waals surface area contributed by atoms with Gasteiger partial charge in [0.25, 0.3) is 0 Å². The van der Waals surface area contributed by atoms with Crippen LogP contribution in [0.3, 0.4) is 0 Å². The van der Waals surface area contributed by atoms with Crippen molar-refractivity contribution in [2.45, 2.75) is 6.54 Å². The quantitative estimate of drug-likeness (QED) is 0.757. The Balaban J connectivity index is 2.24. The molecule has 6 heteroatoms. The summed E-state index contributed by atoms with van der Waals surface area (Å²) >= 11 is 4.89. The minimum absolute atomic E-state index is 0.302. The second-order valence-electron chi connectivity index (χ2n) is 3.22. The van der Waals surface area contributed by atoms with Crippen LogP contribution in [-0.2, 0) is 13.6 Å². The van der Waals surface area contributed by atoms with Crippen LogP contribution in [0.5, 0.6) is 0 Å². The number of rotatable bonds is 3. The van der Waals surface area contributed by atoms with Crippen molar-refractivity contribution in [2.75, 3.05) is 0 Å². The molecule has 5 nitrogen and oxygen atoms in total. The molecule has 0 saturated carbocycles. The molecule has 0 radical (unpaired) electrons. The van der Waals surface area contributed by atoms with Gasteiger partial charge < -0.3 is 10.3 Å². The smallest absolute Gasteiger partial charge is 0.167 e. The fraction of sp³-hybridized carbons (Fsp3) is 0.222. The predicted molar refractivity (Wildman–Crippen MR) is 60.4 cm³/mol. The van der Waals surface area contributed by atoms with E-state index in [1.165, 1.54) is 0 Å². The Hall–Kier alpha value is -1.69. The van der Waals surface area contributed by atoms with E-state index in [-0.39, 0.29) is 0 Å². The molecule has 78 valence electrons. The van der Waals surface area contributed by atoms with Crippen molar-refractivity contribution in [2.24, 2.45) is 12.8 Å². The van der Waals surface area contributed by atoms with Crippen molar-refractivity contribution in [1.82, 2.24) is 19.3 Å². The molecule has 0 saturated heterocycles. The van der Waals surface area contributed by atoms with E-state index in [1.807, 2.05) is 30.1 Å². The summed E-state index contributed by atoms with van der Waals surface area (Å²) in [7, 11) is 1.88. The number of aryl methyl sites for hydroxylation is 1. The average molecular weight is 221 g/mol. The van der Waals surface area contributed by atoms with Crippen molar-refractivity contribution in [3.05, 3.63) is 36.2 Å². The monoisotopic (exact) mass is 221 g/mol. The average Bonchev–Trinajstić information content (AvgIpc) is 2.75. The number of imidazole rings is 1. The lowest BCUT2D eigenvalue weighted by Gasteiger charge is -2.03. The molecule has 2 N–H and O–H groups in total. The Kier molecular flexibility index (Phi) is 2.51. The molecule has 0 spiro atoms. The highest BCUT2D eigenvalue weighted by Gasteiger charge is 2.06. The Bertz CT molecular complexity index is 484. The van der Waals surface area contributed by atoms with Crippen LogP contribution in [0.15, 0.2) is 24.7 Å². The molecule has 2 aromatic rings. The van der Waals surface area contributed by atoms with Gasteiger partial charge in [-0.2, -0.15) is 5.10 Å². The van der Waals surface area contributed by atoms with Gasteiger partial charge in [-0.25, -0.2) is 4.98 Å². The summed E-state index contributed by atoms with van der Waals surface area (Å²) in [6.07, 6.45) is 5.41. The van der Waals surface area contributed by atoms with Crippen LogP contribution < -0.4 is 5.73 Å². The number of thiocarbonyl (C=S) groups is 1. The van der Waals surface area contributed by atoms with Crippen molar-refractivity contribution >= 4 is 17.2 Å². The predicted octanol–water partition coefficient (Wildman–Crippen LogP) is 0.299. The molecule has 0 aromatic carbocycles. The third-order valence-corrected chi connectivity index (χ3v) is 2.22. The van der Waals surface area contributed by atoms with Crippen molar-refractivity contribution in [1.29, 1.82) is 0 Å². The van der Waals surface area contributed by atoms with Gasteiger partial charge in [-0.3, -0.25) is 4.68 Å². The van der Waals surface area contributed by atoms with E-state index in [9.17, 15) is 0 Å². The molecule has 0 unspecified atom stereocenters. The highest BCUT2D eigenvalue weighted by atomic mass is 32.1. The van der Waals surface area contributed by atoms with Crippen molar-refractivity contribution in [3.8, 4) is 0 Å². The fourth-order valence-corrected chi connectivity index (χ4v) is 1.55. The molecule has 0 fully saturated rings. The molecule has 0 amide bonds. The van der Waals surface area contributed by atoms with Gasteiger partial charge in [0.2, 0.25) is 0 Å². The first-order valence-corrected chi connectivity index (χ1v) is 4.87. The minimum atomic E-state index is 0.302. The van der Waals surface area contributed by atoms with Crippen LogP contribution in [0.25, 0.3) is 0 Å². The van der Waals surface area contributed by atoms with Crippen molar-refractivity contribution < 1.29 is 0 Å². The van der Waals surface area contributed by atoms with Gasteiger partial charge in [0.15, 0.2) is 5.82 Å². The largest absolute Gasteiger partial charge is 0.387 e. The molecule has 2 aromatic heterocycles. The van der Waals surface area contributed by atoms with E-state index < -0.39 is 0 Å². The summed E-state index contributed by atoms with van der Waals surface area (Å²) in [5, 5.41) is 4.27. The first-order chi connectivity index (χ1) is 7.16. The number of hydrogen-bond acceptors (Lipinski definition) is 3. The van der Waals surface area contributed by atoms with Gasteiger partial charge in [0.1, 0.15) is 4.99 Å². The van der Waals surface area contributed by atoms with Crippen LogP contribution in [0, 0.1) is 0 Å². The van der Waals surface area contributed by atoms with E-state index in [1.54, 1.807) is 10.9 Å². The maximum absolute atomic E-state index is 5.54. The third-order valence-electron chi connectivity index (χ3n) is 2.04. The Morgan fingerprint density at radius 2 is 2.33 bits per heavy atom. The molecule has 0 aliphatic rings. The lowest BCUT2D eigenvalue weighted by Crippen LogP contribution is -2.17. The second kappa shape index (κ2) is 3.82. The van der Waals surface area contributed by atoms with E-state index in [4.69, 9.17) is 18.0 Å². The lowest BCUT2D eigenvalue weighted by molar-refractivity contribution is 0.703. The van der Waals surface area contributed by atoms with Crippen molar-refractivity contribution in [3.63, 3.8) is 0 Å². The van der Waals surface area contributed by atoms with Crippen LogP contribution in [0.4, 0.5) is 0 Å². The van der Waals surface area contributed by atoms with Gasteiger partial charge in [-0.05, 0) is 6.07 Å². The summed E-state index contributed by atoms with van der Waals surface area (Å²) in [6.45, 7) is 0.632. The minimum Gasteiger partial charge on any atom is -0.387 e. The SMILES string of the molecule is Cn1ccc(Cn2ccnc2C(N)=S)n1. The van der Waals surface area contributed by atoms with Crippen LogP contribution in [0.1, 0.15) is 11.5 Å².